The second-order valence-corrected chi connectivity index (χ2v) is 12.4. The second kappa shape index (κ2) is 13.2. The summed E-state index contributed by atoms with van der Waals surface area (Å²) in [4.78, 5) is 20.5. The molecule has 208 valence electrons. The SMILES string of the molecule is CCCn1c(NCCc2ccc(S(N)(=O)=O)cc2)nc2ccc(C(=O)N(CCC(C)C)CCC(C)C)cc21. The van der Waals surface area contributed by atoms with Crippen LogP contribution >= 0.6 is 0 Å². The van der Waals surface area contributed by atoms with Crippen molar-refractivity contribution < 1.29 is 13.2 Å². The summed E-state index contributed by atoms with van der Waals surface area (Å²) in [6.07, 6.45) is 3.60. The average Bonchev–Trinajstić information content (AvgIpc) is 3.20. The number of hydrogen-bond acceptors (Lipinski definition) is 5. The van der Waals surface area contributed by atoms with E-state index in [2.05, 4.69) is 44.5 Å². The predicted octanol–water partition coefficient (Wildman–Crippen LogP) is 5.28. The number of primary sulfonamides is 1. The van der Waals surface area contributed by atoms with Crippen molar-refractivity contribution in [3.05, 3.63) is 53.6 Å². The van der Waals surface area contributed by atoms with Crippen LogP contribution in [0.1, 0.15) is 69.8 Å². The van der Waals surface area contributed by atoms with E-state index >= 15 is 0 Å². The smallest absolute Gasteiger partial charge is 0.253 e. The normalized spacial score (nSPS) is 12.0. The van der Waals surface area contributed by atoms with Crippen LogP contribution < -0.4 is 10.5 Å². The third-order valence-corrected chi connectivity index (χ3v) is 7.56. The zero-order valence-electron chi connectivity index (χ0n) is 23.4. The van der Waals surface area contributed by atoms with Gasteiger partial charge in [0.15, 0.2) is 0 Å². The second-order valence-electron chi connectivity index (χ2n) is 10.8. The van der Waals surface area contributed by atoms with Crippen LogP contribution in [0.2, 0.25) is 0 Å². The van der Waals surface area contributed by atoms with Gasteiger partial charge in [0.05, 0.1) is 15.9 Å². The van der Waals surface area contributed by atoms with Crippen molar-refractivity contribution in [2.75, 3.05) is 25.0 Å². The number of nitrogens with one attached hydrogen (secondary N) is 1. The van der Waals surface area contributed by atoms with Crippen LogP contribution in [0.4, 0.5) is 5.95 Å². The molecule has 0 saturated carbocycles. The highest BCUT2D eigenvalue weighted by Gasteiger charge is 2.19. The van der Waals surface area contributed by atoms with Gasteiger partial charge in [-0.25, -0.2) is 18.5 Å². The lowest BCUT2D eigenvalue weighted by Gasteiger charge is -2.24. The monoisotopic (exact) mass is 541 g/mol. The number of anilines is 1. The summed E-state index contributed by atoms with van der Waals surface area (Å²) in [7, 11) is -3.70. The third kappa shape index (κ3) is 8.04. The number of amides is 1. The fraction of sp³-hybridized carbons (Fsp3) is 0.517. The van der Waals surface area contributed by atoms with Gasteiger partial charge in [-0.05, 0) is 73.4 Å². The van der Waals surface area contributed by atoms with Crippen LogP contribution in [-0.2, 0) is 23.0 Å². The summed E-state index contributed by atoms with van der Waals surface area (Å²) in [5.74, 6) is 1.93. The summed E-state index contributed by atoms with van der Waals surface area (Å²) < 4.78 is 25.1. The maximum Gasteiger partial charge on any atom is 0.253 e. The van der Waals surface area contributed by atoms with Gasteiger partial charge < -0.3 is 14.8 Å². The summed E-state index contributed by atoms with van der Waals surface area (Å²) in [5.41, 5.74) is 3.50. The Morgan fingerprint density at radius 2 is 1.66 bits per heavy atom. The molecule has 0 fully saturated rings. The van der Waals surface area contributed by atoms with E-state index in [0.717, 1.165) is 61.4 Å². The van der Waals surface area contributed by atoms with Gasteiger partial charge in [0, 0.05) is 31.7 Å². The van der Waals surface area contributed by atoms with Crippen molar-refractivity contribution in [1.82, 2.24) is 14.5 Å². The van der Waals surface area contributed by atoms with E-state index in [1.54, 1.807) is 12.1 Å². The minimum absolute atomic E-state index is 0.0786. The number of rotatable bonds is 14. The number of carbonyl (C=O) groups excluding carboxylic acids is 1. The third-order valence-electron chi connectivity index (χ3n) is 6.63. The van der Waals surface area contributed by atoms with Gasteiger partial charge in [0.1, 0.15) is 0 Å². The Labute approximate surface area is 227 Å². The molecule has 38 heavy (non-hydrogen) atoms. The van der Waals surface area contributed by atoms with Crippen molar-refractivity contribution in [3.63, 3.8) is 0 Å². The van der Waals surface area contributed by atoms with Crippen LogP contribution in [0.15, 0.2) is 47.4 Å². The average molecular weight is 542 g/mol. The predicted molar refractivity (Wildman–Crippen MR) is 155 cm³/mol. The molecule has 0 unspecified atom stereocenters. The molecule has 2 aromatic carbocycles. The molecular formula is C29H43N5O3S. The maximum absolute atomic E-state index is 13.5. The molecule has 0 atom stereocenters. The molecule has 9 heteroatoms. The number of aryl methyl sites for hydroxylation is 1. The molecule has 0 aliphatic carbocycles. The summed E-state index contributed by atoms with van der Waals surface area (Å²) in [5, 5.41) is 8.62. The Morgan fingerprint density at radius 1 is 1.03 bits per heavy atom. The molecule has 8 nitrogen and oxygen atoms in total. The number of aromatic nitrogens is 2. The topological polar surface area (TPSA) is 110 Å². The molecule has 3 N–H and O–H groups in total. The molecular weight excluding hydrogens is 498 g/mol. The Balaban J connectivity index is 1.78. The molecule has 3 aromatic rings. The van der Waals surface area contributed by atoms with Crippen LogP contribution in [0.3, 0.4) is 0 Å². The summed E-state index contributed by atoms with van der Waals surface area (Å²) in [6, 6.07) is 12.4. The molecule has 0 aliphatic heterocycles. The van der Waals surface area contributed by atoms with Gasteiger partial charge in [-0.15, -0.1) is 0 Å². The quantitative estimate of drug-likeness (QED) is 0.288. The molecule has 1 heterocycles. The first-order valence-corrected chi connectivity index (χ1v) is 15.2. The number of nitrogens with two attached hydrogens (primary N) is 1. The highest BCUT2D eigenvalue weighted by molar-refractivity contribution is 7.89. The Hall–Kier alpha value is -2.91. The summed E-state index contributed by atoms with van der Waals surface area (Å²) in [6.45, 7) is 13.8. The Morgan fingerprint density at radius 3 is 2.21 bits per heavy atom. The Kier molecular flexibility index (Phi) is 10.3. The first-order chi connectivity index (χ1) is 18.0. The number of hydrogen-bond donors (Lipinski definition) is 2. The first kappa shape index (κ1) is 29.6. The number of fused-ring (bicyclic) bond motifs is 1. The van der Waals surface area contributed by atoms with E-state index < -0.39 is 10.0 Å². The number of benzene rings is 2. The lowest BCUT2D eigenvalue weighted by atomic mass is 10.1. The molecule has 0 radical (unpaired) electrons. The highest BCUT2D eigenvalue weighted by Crippen LogP contribution is 2.23. The lowest BCUT2D eigenvalue weighted by Crippen LogP contribution is -2.34. The molecule has 3 rings (SSSR count). The largest absolute Gasteiger partial charge is 0.355 e. The zero-order valence-corrected chi connectivity index (χ0v) is 24.2. The number of imidazole rings is 1. The molecule has 1 amide bonds. The first-order valence-electron chi connectivity index (χ1n) is 13.6. The molecule has 0 bridgehead atoms. The minimum Gasteiger partial charge on any atom is -0.355 e. The van der Waals surface area contributed by atoms with E-state index in [0.29, 0.717) is 30.4 Å². The zero-order chi connectivity index (χ0) is 27.9. The van der Waals surface area contributed by atoms with Crippen molar-refractivity contribution in [2.24, 2.45) is 17.0 Å². The van der Waals surface area contributed by atoms with Gasteiger partial charge in [-0.1, -0.05) is 46.8 Å². The highest BCUT2D eigenvalue weighted by atomic mass is 32.2. The van der Waals surface area contributed by atoms with E-state index in [1.807, 2.05) is 23.1 Å². The standard InChI is InChI=1S/C29H43N5O3S/c1-6-17-34-27-20-24(28(35)33(18-14-21(2)3)19-15-22(4)5)9-12-26(27)32-29(34)31-16-13-23-7-10-25(11-8-23)38(30,36)37/h7-12,20-22H,6,13-19H2,1-5H3,(H,31,32)(H2,30,36,37). The van der Waals surface area contributed by atoms with Crippen LogP contribution in [-0.4, -0.2) is 48.4 Å². The molecule has 1 aromatic heterocycles. The number of sulfonamides is 1. The van der Waals surface area contributed by atoms with Crippen molar-refractivity contribution in [1.29, 1.82) is 0 Å². The van der Waals surface area contributed by atoms with Gasteiger partial charge in [0.25, 0.3) is 5.91 Å². The molecule has 0 aliphatic rings. The van der Waals surface area contributed by atoms with E-state index in [4.69, 9.17) is 10.1 Å². The van der Waals surface area contributed by atoms with Crippen LogP contribution in [0.5, 0.6) is 0 Å². The van der Waals surface area contributed by atoms with Crippen molar-refractivity contribution in [2.45, 2.75) is 71.7 Å². The van der Waals surface area contributed by atoms with Crippen LogP contribution in [0, 0.1) is 11.8 Å². The van der Waals surface area contributed by atoms with Crippen molar-refractivity contribution in [3.8, 4) is 0 Å². The maximum atomic E-state index is 13.5. The number of nitrogens with zero attached hydrogens (tertiary/aromatic N) is 3. The van der Waals surface area contributed by atoms with E-state index in [1.165, 1.54) is 12.1 Å². The van der Waals surface area contributed by atoms with Gasteiger partial charge >= 0.3 is 0 Å². The van der Waals surface area contributed by atoms with Gasteiger partial charge in [-0.2, -0.15) is 0 Å². The fourth-order valence-corrected chi connectivity index (χ4v) is 4.85. The van der Waals surface area contributed by atoms with E-state index in [-0.39, 0.29) is 10.8 Å². The summed E-state index contributed by atoms with van der Waals surface area (Å²) >= 11 is 0. The van der Waals surface area contributed by atoms with Crippen molar-refractivity contribution >= 4 is 32.9 Å². The lowest BCUT2D eigenvalue weighted by molar-refractivity contribution is 0.0741. The minimum atomic E-state index is -3.70. The number of carbonyl (C=O) groups is 1. The van der Waals surface area contributed by atoms with Crippen LogP contribution in [0.25, 0.3) is 11.0 Å². The fourth-order valence-electron chi connectivity index (χ4n) is 4.33. The Bertz CT molecular complexity index is 1300. The van der Waals surface area contributed by atoms with Gasteiger partial charge in [-0.3, -0.25) is 4.79 Å². The van der Waals surface area contributed by atoms with Gasteiger partial charge in [0.2, 0.25) is 16.0 Å². The molecule has 0 spiro atoms. The molecule has 0 saturated heterocycles. The van der Waals surface area contributed by atoms with E-state index in [9.17, 15) is 13.2 Å².